The Balaban J connectivity index is 2.45. The summed E-state index contributed by atoms with van der Waals surface area (Å²) in [6.07, 6.45) is 0. The van der Waals surface area contributed by atoms with Crippen LogP contribution in [0.5, 0.6) is 0 Å². The summed E-state index contributed by atoms with van der Waals surface area (Å²) >= 11 is 0. The fourth-order valence-electron chi connectivity index (χ4n) is 0.677. The Morgan fingerprint density at radius 3 is 2.38 bits per heavy atom. The molecule has 1 heterocycles. The lowest BCUT2D eigenvalue weighted by Crippen LogP contribution is -2.52. The molecule has 46 valence electrons. The van der Waals surface area contributed by atoms with Gasteiger partial charge in [0, 0.05) is 0 Å². The highest BCUT2D eigenvalue weighted by Gasteiger charge is 2.39. The first-order valence-electron chi connectivity index (χ1n) is 2.74. The van der Waals surface area contributed by atoms with Crippen molar-refractivity contribution in [3.05, 3.63) is 12.3 Å². The molecule has 0 aliphatic carbocycles. The Labute approximate surface area is 52.8 Å². The predicted octanol–water partition coefficient (Wildman–Crippen LogP) is 0.219. The minimum atomic E-state index is -1.67. The summed E-state index contributed by atoms with van der Waals surface area (Å²) in [7, 11) is -2.20. The van der Waals surface area contributed by atoms with Crippen molar-refractivity contribution in [2.24, 2.45) is 0 Å². The molecule has 0 bridgehead atoms. The third-order valence-electron chi connectivity index (χ3n) is 1.41. The van der Waals surface area contributed by atoms with Crippen molar-refractivity contribution in [1.82, 2.24) is 0 Å². The molecular weight excluding hydrogens is 136 g/mol. The second-order valence-electron chi connectivity index (χ2n) is 1.78. The highest BCUT2D eigenvalue weighted by Crippen LogP contribution is 2.20. The van der Waals surface area contributed by atoms with E-state index in [1.807, 2.05) is 5.70 Å². The van der Waals surface area contributed by atoms with Crippen LogP contribution in [0.2, 0.25) is 6.04 Å². The fourth-order valence-corrected chi connectivity index (χ4v) is 5.22. The van der Waals surface area contributed by atoms with Crippen LogP contribution in [0.4, 0.5) is 0 Å². The van der Waals surface area contributed by atoms with Crippen LogP contribution in [0.25, 0.3) is 0 Å². The predicted molar refractivity (Wildman–Crippen MR) is 37.1 cm³/mol. The van der Waals surface area contributed by atoms with Gasteiger partial charge in [-0.2, -0.15) is 0 Å². The lowest BCUT2D eigenvalue weighted by Gasteiger charge is -2.35. The minimum absolute atomic E-state index is 0.531. The third kappa shape index (κ3) is 0.796. The monoisotopic (exact) mass is 146 g/mol. The van der Waals surface area contributed by atoms with E-state index in [1.54, 1.807) is 0 Å². The van der Waals surface area contributed by atoms with Crippen LogP contribution in [-0.4, -0.2) is 18.6 Å². The molecule has 1 fully saturated rings. The fraction of sp³-hybridized carbons (Fsp3) is 0.500. The summed E-state index contributed by atoms with van der Waals surface area (Å²) < 4.78 is 10.7. The van der Waals surface area contributed by atoms with Gasteiger partial charge in [-0.3, -0.25) is 0 Å². The zero-order valence-electron chi connectivity index (χ0n) is 5.02. The molecule has 0 amide bonds. The second kappa shape index (κ2) is 2.14. The van der Waals surface area contributed by atoms with Gasteiger partial charge in [-0.1, -0.05) is 12.6 Å². The molecule has 1 rings (SSSR count). The molecule has 0 saturated carbocycles. The zero-order valence-corrected chi connectivity index (χ0v) is 7.43. The van der Waals surface area contributed by atoms with E-state index < -0.39 is 18.6 Å². The van der Waals surface area contributed by atoms with Crippen molar-refractivity contribution in [2.45, 2.75) is 13.0 Å². The maximum atomic E-state index is 5.35. The molecule has 1 saturated heterocycles. The van der Waals surface area contributed by atoms with Gasteiger partial charge >= 0.3 is 8.56 Å². The van der Waals surface area contributed by atoms with E-state index in [9.17, 15) is 0 Å². The number of rotatable bonds is 2. The van der Waals surface area contributed by atoms with Gasteiger partial charge < -0.3 is 8.23 Å². The van der Waals surface area contributed by atoms with Crippen LogP contribution < -0.4 is 0 Å². The van der Waals surface area contributed by atoms with Gasteiger partial charge in [0.25, 0.3) is 10.0 Å². The Morgan fingerprint density at radius 1 is 1.75 bits per heavy atom. The van der Waals surface area contributed by atoms with Gasteiger partial charge in [-0.25, -0.2) is 0 Å². The Hall–Kier alpha value is 0.0938. The maximum Gasteiger partial charge on any atom is 0.345 e. The first kappa shape index (κ1) is 6.22. The van der Waals surface area contributed by atoms with Crippen molar-refractivity contribution in [3.63, 3.8) is 0 Å². The summed E-state index contributed by atoms with van der Waals surface area (Å²) in [5.74, 6) is 0. The Morgan fingerprint density at radius 2 is 2.38 bits per heavy atom. The second-order valence-corrected chi connectivity index (χ2v) is 7.06. The molecule has 0 radical (unpaired) electrons. The number of hydrogen-bond donors (Lipinski definition) is 0. The van der Waals surface area contributed by atoms with E-state index in [2.05, 4.69) is 13.5 Å². The molecule has 0 aromatic rings. The average molecular weight is 146 g/mol. The first-order chi connectivity index (χ1) is 3.83. The van der Waals surface area contributed by atoms with Crippen LogP contribution in [0.3, 0.4) is 0 Å². The van der Waals surface area contributed by atoms with Crippen molar-refractivity contribution >= 4 is 18.6 Å². The van der Waals surface area contributed by atoms with Crippen LogP contribution in [0.1, 0.15) is 6.92 Å². The van der Waals surface area contributed by atoms with Gasteiger partial charge in [0.15, 0.2) is 0 Å². The first-order valence-corrected chi connectivity index (χ1v) is 6.00. The van der Waals surface area contributed by atoms with Gasteiger partial charge in [0.05, 0.1) is 0 Å². The lowest BCUT2D eigenvalue weighted by atomic mass is 11.0. The van der Waals surface area contributed by atoms with Crippen molar-refractivity contribution in [2.75, 3.05) is 0 Å². The maximum absolute atomic E-state index is 5.35. The minimum Gasteiger partial charge on any atom is -0.417 e. The molecule has 0 N–H and O–H groups in total. The summed E-state index contributed by atoms with van der Waals surface area (Å²) in [6, 6.07) is 1.02. The summed E-state index contributed by atoms with van der Waals surface area (Å²) in [5.41, 5.74) is 1.86. The smallest absolute Gasteiger partial charge is 0.345 e. The van der Waals surface area contributed by atoms with E-state index >= 15 is 0 Å². The van der Waals surface area contributed by atoms with Gasteiger partial charge in [0.2, 0.25) is 0 Å². The molecule has 0 aromatic heterocycles. The van der Waals surface area contributed by atoms with E-state index in [4.69, 9.17) is 8.23 Å². The van der Waals surface area contributed by atoms with Crippen LogP contribution in [-0.2, 0) is 8.23 Å². The van der Waals surface area contributed by atoms with Crippen LogP contribution >= 0.6 is 0 Å². The van der Waals surface area contributed by atoms with Gasteiger partial charge in [-0.15, -0.1) is 6.58 Å². The van der Waals surface area contributed by atoms with E-state index in [0.29, 0.717) is 0 Å². The zero-order chi connectivity index (χ0) is 6.04. The average Bonchev–Trinajstić information content (AvgIpc) is 1.67. The molecule has 1 aliphatic heterocycles. The van der Waals surface area contributed by atoms with Crippen molar-refractivity contribution < 1.29 is 8.23 Å². The molecule has 0 spiro atoms. The van der Waals surface area contributed by atoms with E-state index in [1.165, 1.54) is 0 Å². The highest BCUT2D eigenvalue weighted by molar-refractivity contribution is 6.84. The molecular formula is C4H10O2Si2. The Bertz CT molecular complexity index is 94.7. The highest BCUT2D eigenvalue weighted by atomic mass is 28.5. The topological polar surface area (TPSA) is 18.5 Å². The Kier molecular flexibility index (Phi) is 1.66. The van der Waals surface area contributed by atoms with Crippen LogP contribution in [0.15, 0.2) is 12.3 Å². The molecule has 8 heavy (non-hydrogen) atoms. The van der Waals surface area contributed by atoms with E-state index in [0.717, 1.165) is 6.04 Å². The standard InChI is InChI=1S/C4H10O2Si2/c1-3-8(4-2)5-7-6-8/h3H,1,4,7H2,2H3. The van der Waals surface area contributed by atoms with Gasteiger partial charge in [0.1, 0.15) is 0 Å². The quantitative estimate of drug-likeness (QED) is 0.519. The SMILES string of the molecule is C=C[Si]1(CC)O[SiH2]O1. The van der Waals surface area contributed by atoms with Crippen molar-refractivity contribution in [1.29, 1.82) is 0 Å². The largest absolute Gasteiger partial charge is 0.417 e. The van der Waals surface area contributed by atoms with Crippen molar-refractivity contribution in [3.8, 4) is 0 Å². The molecule has 0 atom stereocenters. The molecule has 1 aliphatic rings. The molecule has 2 nitrogen and oxygen atoms in total. The summed E-state index contributed by atoms with van der Waals surface area (Å²) in [5, 5.41) is 0. The lowest BCUT2D eigenvalue weighted by molar-refractivity contribution is 0.288. The molecule has 0 unspecified atom stereocenters. The normalized spacial score (nSPS) is 39.1. The van der Waals surface area contributed by atoms with E-state index in [-0.39, 0.29) is 0 Å². The summed E-state index contributed by atoms with van der Waals surface area (Å²) in [6.45, 7) is 5.74. The number of hydrogen-bond acceptors (Lipinski definition) is 2. The summed E-state index contributed by atoms with van der Waals surface area (Å²) in [4.78, 5) is 0. The van der Waals surface area contributed by atoms with Gasteiger partial charge in [-0.05, 0) is 6.04 Å². The molecule has 0 aromatic carbocycles. The van der Waals surface area contributed by atoms with Crippen LogP contribution in [0, 0.1) is 0 Å². The third-order valence-corrected chi connectivity index (χ3v) is 7.87. The molecule has 4 heteroatoms.